The Bertz CT molecular complexity index is 1190. The van der Waals surface area contributed by atoms with Gasteiger partial charge in [-0.15, -0.1) is 0 Å². The van der Waals surface area contributed by atoms with Gasteiger partial charge in [0.25, 0.3) is 0 Å². The van der Waals surface area contributed by atoms with E-state index < -0.39 is 47.6 Å². The van der Waals surface area contributed by atoms with Gasteiger partial charge in [-0.1, -0.05) is 0 Å². The molecule has 170 valence electrons. The summed E-state index contributed by atoms with van der Waals surface area (Å²) in [5.74, 6) is -1.09. The summed E-state index contributed by atoms with van der Waals surface area (Å²) in [5, 5.41) is 50.4. The van der Waals surface area contributed by atoms with Crippen molar-refractivity contribution in [3.63, 3.8) is 0 Å². The zero-order chi connectivity index (χ0) is 23.2. The molecule has 2 aromatic carbocycles. The van der Waals surface area contributed by atoms with E-state index in [2.05, 4.69) is 0 Å². The van der Waals surface area contributed by atoms with E-state index in [1.807, 2.05) is 0 Å². The Hall–Kier alpha value is -3.31. The molecule has 0 unspecified atom stereocenters. The van der Waals surface area contributed by atoms with Crippen molar-refractivity contribution in [2.24, 2.45) is 0 Å². The first kappa shape index (κ1) is 21.9. The predicted octanol–water partition coefficient (Wildman–Crippen LogP) is 1.09. The second kappa shape index (κ2) is 8.32. The van der Waals surface area contributed by atoms with Crippen LogP contribution in [0.5, 0.6) is 23.0 Å². The molecule has 10 heteroatoms. The number of fused-ring (bicyclic) bond motifs is 1. The van der Waals surface area contributed by atoms with Crippen LogP contribution < -0.4 is 14.9 Å². The van der Waals surface area contributed by atoms with Crippen LogP contribution in [0.1, 0.15) is 6.92 Å². The highest BCUT2D eigenvalue weighted by Gasteiger charge is 2.43. The van der Waals surface area contributed by atoms with E-state index in [1.54, 1.807) is 24.3 Å². The smallest absolute Gasteiger partial charge is 0.229 e. The van der Waals surface area contributed by atoms with Crippen molar-refractivity contribution < 1.29 is 44.2 Å². The number of aromatic hydroxyl groups is 2. The van der Waals surface area contributed by atoms with Crippen molar-refractivity contribution in [1.29, 1.82) is 0 Å². The van der Waals surface area contributed by atoms with Crippen LogP contribution in [-0.2, 0) is 4.74 Å². The first-order chi connectivity index (χ1) is 15.2. The number of aliphatic hydroxyl groups excluding tert-OH is 3. The monoisotopic (exact) mass is 446 g/mol. The van der Waals surface area contributed by atoms with Gasteiger partial charge in [-0.05, 0) is 31.2 Å². The second-order valence-electron chi connectivity index (χ2n) is 7.45. The average molecular weight is 446 g/mol. The highest BCUT2D eigenvalue weighted by molar-refractivity contribution is 5.89. The highest BCUT2D eigenvalue weighted by atomic mass is 16.7. The molecule has 1 saturated heterocycles. The number of aliphatic hydroxyl groups is 3. The Morgan fingerprint density at radius 1 is 0.938 bits per heavy atom. The van der Waals surface area contributed by atoms with Gasteiger partial charge >= 0.3 is 0 Å². The molecule has 0 aliphatic carbocycles. The normalized spacial score (nSPS) is 25.6. The van der Waals surface area contributed by atoms with Gasteiger partial charge in [0.2, 0.25) is 12.0 Å². The summed E-state index contributed by atoms with van der Waals surface area (Å²) in [6.45, 7) is 1.47. The second-order valence-corrected chi connectivity index (χ2v) is 7.45. The lowest BCUT2D eigenvalue weighted by molar-refractivity contribution is -0.268. The molecule has 1 aliphatic heterocycles. The molecule has 1 aliphatic rings. The molecule has 5 N–H and O–H groups in total. The highest BCUT2D eigenvalue weighted by Crippen LogP contribution is 2.42. The van der Waals surface area contributed by atoms with Gasteiger partial charge in [0.1, 0.15) is 40.8 Å². The summed E-state index contributed by atoms with van der Waals surface area (Å²) in [7, 11) is 1.52. The summed E-state index contributed by atoms with van der Waals surface area (Å²) in [6.07, 6.45) is -6.89. The van der Waals surface area contributed by atoms with Gasteiger partial charge in [0.05, 0.1) is 13.2 Å². The van der Waals surface area contributed by atoms with Crippen LogP contribution in [0.3, 0.4) is 0 Å². The van der Waals surface area contributed by atoms with Crippen LogP contribution in [0.4, 0.5) is 0 Å². The number of benzene rings is 2. The van der Waals surface area contributed by atoms with E-state index in [1.165, 1.54) is 20.1 Å². The maximum atomic E-state index is 12.6. The molecular weight excluding hydrogens is 424 g/mol. The van der Waals surface area contributed by atoms with Gasteiger partial charge in [0, 0.05) is 17.7 Å². The fourth-order valence-electron chi connectivity index (χ4n) is 3.49. The third-order valence-electron chi connectivity index (χ3n) is 5.36. The average Bonchev–Trinajstić information content (AvgIpc) is 2.78. The molecule has 5 atom stereocenters. The van der Waals surface area contributed by atoms with Gasteiger partial charge in [-0.3, -0.25) is 4.79 Å². The number of methoxy groups -OCH3 is 1. The molecule has 32 heavy (non-hydrogen) atoms. The summed E-state index contributed by atoms with van der Waals surface area (Å²) < 4.78 is 21.7. The maximum absolute atomic E-state index is 12.6. The number of phenolic OH excluding ortho intramolecular Hbond substituents is 2. The van der Waals surface area contributed by atoms with Crippen LogP contribution in [0.2, 0.25) is 0 Å². The quantitative estimate of drug-likeness (QED) is 0.367. The van der Waals surface area contributed by atoms with Crippen molar-refractivity contribution in [1.82, 2.24) is 0 Å². The minimum Gasteiger partial charge on any atom is -0.504 e. The summed E-state index contributed by atoms with van der Waals surface area (Å²) in [6, 6.07) is 9.08. The molecule has 0 saturated carbocycles. The van der Waals surface area contributed by atoms with E-state index in [0.29, 0.717) is 11.3 Å². The largest absolute Gasteiger partial charge is 0.504 e. The fourth-order valence-corrected chi connectivity index (χ4v) is 3.49. The number of ether oxygens (including phenoxy) is 3. The topological polar surface area (TPSA) is 159 Å². The first-order valence-electron chi connectivity index (χ1n) is 9.74. The Labute approximate surface area is 181 Å². The van der Waals surface area contributed by atoms with E-state index >= 15 is 0 Å². The molecule has 0 radical (unpaired) electrons. The van der Waals surface area contributed by atoms with E-state index in [4.69, 9.17) is 18.6 Å². The van der Waals surface area contributed by atoms with Crippen molar-refractivity contribution in [3.05, 3.63) is 46.6 Å². The third kappa shape index (κ3) is 3.73. The summed E-state index contributed by atoms with van der Waals surface area (Å²) >= 11 is 0. The SMILES string of the molecule is COc1ccc(-c2cc(=O)c3c(O)c(O)c(O[C@@H]4O[C@H](C)[C@@H](O)[C@H](O)[C@@H]4O)cc3o2)cc1. The molecule has 4 rings (SSSR count). The molecule has 1 aromatic heterocycles. The van der Waals surface area contributed by atoms with Crippen LogP contribution >= 0.6 is 0 Å². The fraction of sp³-hybridized carbons (Fsp3) is 0.318. The lowest BCUT2D eigenvalue weighted by atomic mass is 10.00. The van der Waals surface area contributed by atoms with E-state index in [-0.39, 0.29) is 22.5 Å². The van der Waals surface area contributed by atoms with Crippen LogP contribution in [0.15, 0.2) is 45.6 Å². The number of hydrogen-bond acceptors (Lipinski definition) is 10. The van der Waals surface area contributed by atoms with Crippen molar-refractivity contribution >= 4 is 11.0 Å². The molecule has 2 heterocycles. The third-order valence-corrected chi connectivity index (χ3v) is 5.36. The number of rotatable bonds is 4. The van der Waals surface area contributed by atoms with Crippen LogP contribution in [0, 0.1) is 0 Å². The standard InChI is InChI=1S/C22H22O10/c1-9-17(24)20(27)21(28)22(30-9)32-15-8-14-16(19(26)18(15)25)12(23)7-13(31-14)10-3-5-11(29-2)6-4-10/h3-9,17,20-22,24-28H,1-2H3/t9-,17-,20+,21+,22+/m1/s1. The molecule has 10 nitrogen and oxygen atoms in total. The lowest BCUT2D eigenvalue weighted by Crippen LogP contribution is -2.58. The van der Waals surface area contributed by atoms with E-state index in [0.717, 1.165) is 6.07 Å². The molecule has 3 aromatic rings. The van der Waals surface area contributed by atoms with E-state index in [9.17, 15) is 30.3 Å². The molecule has 1 fully saturated rings. The predicted molar refractivity (Wildman–Crippen MR) is 111 cm³/mol. The minimum atomic E-state index is -1.64. The van der Waals surface area contributed by atoms with Crippen LogP contribution in [-0.4, -0.2) is 63.3 Å². The summed E-state index contributed by atoms with van der Waals surface area (Å²) in [5.41, 5.74) is -0.123. The number of hydrogen-bond donors (Lipinski definition) is 5. The van der Waals surface area contributed by atoms with Crippen molar-refractivity contribution in [3.8, 4) is 34.3 Å². The van der Waals surface area contributed by atoms with Crippen LogP contribution in [0.25, 0.3) is 22.3 Å². The van der Waals surface area contributed by atoms with Crippen molar-refractivity contribution in [2.75, 3.05) is 7.11 Å². The van der Waals surface area contributed by atoms with Gasteiger partial charge < -0.3 is 44.2 Å². The molecule has 0 amide bonds. The maximum Gasteiger partial charge on any atom is 0.229 e. The zero-order valence-electron chi connectivity index (χ0n) is 17.1. The molecule has 0 bridgehead atoms. The Morgan fingerprint density at radius 3 is 2.28 bits per heavy atom. The van der Waals surface area contributed by atoms with Crippen molar-refractivity contribution in [2.45, 2.75) is 37.6 Å². The Morgan fingerprint density at radius 2 is 1.62 bits per heavy atom. The zero-order valence-corrected chi connectivity index (χ0v) is 17.1. The Kier molecular flexibility index (Phi) is 5.70. The number of phenols is 2. The summed E-state index contributed by atoms with van der Waals surface area (Å²) in [4.78, 5) is 12.6. The van der Waals surface area contributed by atoms with Gasteiger partial charge in [-0.2, -0.15) is 0 Å². The molecular formula is C22H22O10. The van der Waals surface area contributed by atoms with Gasteiger partial charge in [-0.25, -0.2) is 0 Å². The van der Waals surface area contributed by atoms with Gasteiger partial charge in [0.15, 0.2) is 16.9 Å². The minimum absolute atomic E-state index is 0.0902. The Balaban J connectivity index is 1.75. The first-order valence-corrected chi connectivity index (χ1v) is 9.74. The molecule has 0 spiro atoms. The lowest BCUT2D eigenvalue weighted by Gasteiger charge is -2.38.